The first-order valence-electron chi connectivity index (χ1n) is 3.50. The van der Waals surface area contributed by atoms with Gasteiger partial charge in [0, 0.05) is 0 Å². The molecule has 0 N–H and O–H groups in total. The molecule has 1 aliphatic rings. The summed E-state index contributed by atoms with van der Waals surface area (Å²) >= 11 is 0. The third kappa shape index (κ3) is 2.36. The van der Waals surface area contributed by atoms with Crippen LogP contribution in [0.25, 0.3) is 0 Å². The van der Waals surface area contributed by atoms with Crippen LogP contribution in [0.5, 0.6) is 0 Å². The molecule has 13 heavy (non-hydrogen) atoms. The highest BCUT2D eigenvalue weighted by atomic mass is 32.2. The molecule has 0 saturated heterocycles. The SMILES string of the molecule is O=S(=O)(OC=C1CCC1)C(F)(F)F. The number of halogens is 3. The second-order valence-electron chi connectivity index (χ2n) is 2.63. The van der Waals surface area contributed by atoms with Crippen LogP contribution in [0.4, 0.5) is 13.2 Å². The summed E-state index contributed by atoms with van der Waals surface area (Å²) in [5.41, 5.74) is -4.75. The van der Waals surface area contributed by atoms with Gasteiger partial charge in [0.2, 0.25) is 0 Å². The fourth-order valence-electron chi connectivity index (χ4n) is 0.685. The molecule has 0 heterocycles. The van der Waals surface area contributed by atoms with Gasteiger partial charge in [0.15, 0.2) is 0 Å². The van der Waals surface area contributed by atoms with Crippen molar-refractivity contribution < 1.29 is 25.8 Å². The van der Waals surface area contributed by atoms with Crippen molar-refractivity contribution in [3.05, 3.63) is 11.8 Å². The minimum Gasteiger partial charge on any atom is -0.384 e. The van der Waals surface area contributed by atoms with Crippen LogP contribution in [0.2, 0.25) is 0 Å². The van der Waals surface area contributed by atoms with E-state index in [1.807, 2.05) is 0 Å². The molecule has 76 valence electrons. The third-order valence-electron chi connectivity index (χ3n) is 1.62. The summed E-state index contributed by atoms with van der Waals surface area (Å²) in [5, 5.41) is 0. The van der Waals surface area contributed by atoms with E-state index in [4.69, 9.17) is 0 Å². The first-order chi connectivity index (χ1) is 5.83. The molecule has 0 aliphatic heterocycles. The average molecular weight is 216 g/mol. The van der Waals surface area contributed by atoms with E-state index in [-0.39, 0.29) is 0 Å². The summed E-state index contributed by atoms with van der Waals surface area (Å²) < 4.78 is 59.3. The normalized spacial score (nSPS) is 17.9. The summed E-state index contributed by atoms with van der Waals surface area (Å²) in [5.74, 6) is 0. The second kappa shape index (κ2) is 3.21. The van der Waals surface area contributed by atoms with Crippen LogP contribution in [-0.2, 0) is 14.3 Å². The van der Waals surface area contributed by atoms with Crippen molar-refractivity contribution in [1.82, 2.24) is 0 Å². The number of alkyl halides is 3. The molecule has 1 fully saturated rings. The molecular weight excluding hydrogens is 209 g/mol. The summed E-state index contributed by atoms with van der Waals surface area (Å²) in [6.45, 7) is 0. The Balaban J connectivity index is 2.63. The Morgan fingerprint density at radius 3 is 2.15 bits per heavy atom. The molecule has 3 nitrogen and oxygen atoms in total. The van der Waals surface area contributed by atoms with Gasteiger partial charge in [-0.1, -0.05) is 0 Å². The lowest BCUT2D eigenvalue weighted by molar-refractivity contribution is -0.0515. The largest absolute Gasteiger partial charge is 0.534 e. The van der Waals surface area contributed by atoms with Crippen LogP contribution in [-0.4, -0.2) is 13.9 Å². The molecule has 0 amide bonds. The Hall–Kier alpha value is -0.720. The van der Waals surface area contributed by atoms with Crippen molar-refractivity contribution in [3.63, 3.8) is 0 Å². The molecule has 1 saturated carbocycles. The molecule has 0 bridgehead atoms. The second-order valence-corrected chi connectivity index (χ2v) is 4.19. The summed E-state index contributed by atoms with van der Waals surface area (Å²) in [6.07, 6.45) is 2.74. The lowest BCUT2D eigenvalue weighted by Gasteiger charge is -2.15. The van der Waals surface area contributed by atoms with E-state index in [9.17, 15) is 21.6 Å². The first kappa shape index (κ1) is 10.4. The fourth-order valence-corrected chi connectivity index (χ4v) is 1.06. The highest BCUT2D eigenvalue weighted by molar-refractivity contribution is 7.87. The van der Waals surface area contributed by atoms with Crippen LogP contribution in [0, 0.1) is 0 Å². The number of hydrogen-bond donors (Lipinski definition) is 0. The third-order valence-corrected chi connectivity index (χ3v) is 2.54. The summed E-state index contributed by atoms with van der Waals surface area (Å²) in [6, 6.07) is 0. The highest BCUT2D eigenvalue weighted by Gasteiger charge is 2.48. The zero-order valence-electron chi connectivity index (χ0n) is 6.47. The van der Waals surface area contributed by atoms with E-state index in [2.05, 4.69) is 4.18 Å². The van der Waals surface area contributed by atoms with E-state index in [1.165, 1.54) is 0 Å². The van der Waals surface area contributed by atoms with Gasteiger partial charge < -0.3 is 4.18 Å². The number of rotatable bonds is 2. The Morgan fingerprint density at radius 1 is 1.31 bits per heavy atom. The molecule has 0 radical (unpaired) electrons. The van der Waals surface area contributed by atoms with Gasteiger partial charge in [-0.15, -0.1) is 0 Å². The molecule has 0 aromatic heterocycles. The predicted octanol–water partition coefficient (Wildman–Crippen LogP) is 1.92. The van der Waals surface area contributed by atoms with Crippen molar-refractivity contribution in [3.8, 4) is 0 Å². The maximum atomic E-state index is 11.7. The fraction of sp³-hybridized carbons (Fsp3) is 0.667. The van der Waals surface area contributed by atoms with Gasteiger partial charge in [0.1, 0.15) is 6.26 Å². The van der Waals surface area contributed by atoms with Crippen LogP contribution in [0.1, 0.15) is 19.3 Å². The average Bonchev–Trinajstić information content (AvgIpc) is 1.80. The lowest BCUT2D eigenvalue weighted by atomic mass is 9.94. The van der Waals surface area contributed by atoms with Gasteiger partial charge in [-0.05, 0) is 24.8 Å². The van der Waals surface area contributed by atoms with E-state index in [0.717, 1.165) is 6.42 Å². The molecule has 0 spiro atoms. The summed E-state index contributed by atoms with van der Waals surface area (Å²) in [7, 11) is -5.45. The Bertz CT molecular complexity index is 309. The zero-order valence-corrected chi connectivity index (χ0v) is 7.28. The smallest absolute Gasteiger partial charge is 0.384 e. The van der Waals surface area contributed by atoms with Gasteiger partial charge in [-0.3, -0.25) is 0 Å². The van der Waals surface area contributed by atoms with Crippen molar-refractivity contribution in [1.29, 1.82) is 0 Å². The predicted molar refractivity (Wildman–Crippen MR) is 38.0 cm³/mol. The molecule has 0 aromatic carbocycles. The molecule has 7 heteroatoms. The molecule has 0 atom stereocenters. The quantitative estimate of drug-likeness (QED) is 0.402. The van der Waals surface area contributed by atoms with E-state index >= 15 is 0 Å². The maximum Gasteiger partial charge on any atom is 0.534 e. The maximum absolute atomic E-state index is 11.7. The highest BCUT2D eigenvalue weighted by Crippen LogP contribution is 2.28. The lowest BCUT2D eigenvalue weighted by Crippen LogP contribution is -2.24. The van der Waals surface area contributed by atoms with Gasteiger partial charge in [0.05, 0.1) is 0 Å². The molecule has 0 unspecified atom stereocenters. The Kier molecular flexibility index (Phi) is 2.56. The minimum absolute atomic E-state index is 0.591. The van der Waals surface area contributed by atoms with Crippen molar-refractivity contribution in [2.24, 2.45) is 0 Å². The molecular formula is C6H7F3O3S. The molecule has 0 aromatic rings. The van der Waals surface area contributed by atoms with E-state index < -0.39 is 15.6 Å². The van der Waals surface area contributed by atoms with E-state index in [0.29, 0.717) is 24.7 Å². The van der Waals surface area contributed by atoms with Crippen LogP contribution in [0.3, 0.4) is 0 Å². The topological polar surface area (TPSA) is 43.4 Å². The standard InChI is InChI=1S/C6H7F3O3S/c7-6(8,9)13(10,11)12-4-5-2-1-3-5/h4H,1-3H2. The molecule has 1 rings (SSSR count). The minimum atomic E-state index is -5.45. The zero-order chi connectivity index (χ0) is 10.1. The van der Waals surface area contributed by atoms with Crippen molar-refractivity contribution in [2.45, 2.75) is 24.8 Å². The van der Waals surface area contributed by atoms with Gasteiger partial charge in [-0.2, -0.15) is 21.6 Å². The van der Waals surface area contributed by atoms with Gasteiger partial charge >= 0.3 is 15.6 Å². The Labute approximate surface area is 73.3 Å². The van der Waals surface area contributed by atoms with Crippen molar-refractivity contribution >= 4 is 10.1 Å². The Morgan fingerprint density at radius 2 is 1.85 bits per heavy atom. The number of allylic oxidation sites excluding steroid dienone is 1. The van der Waals surface area contributed by atoms with Gasteiger partial charge in [-0.25, -0.2) is 0 Å². The van der Waals surface area contributed by atoms with Crippen LogP contribution < -0.4 is 0 Å². The summed E-state index contributed by atoms with van der Waals surface area (Å²) in [4.78, 5) is 0. The van der Waals surface area contributed by atoms with E-state index in [1.54, 1.807) is 0 Å². The van der Waals surface area contributed by atoms with Crippen LogP contribution >= 0.6 is 0 Å². The first-order valence-corrected chi connectivity index (χ1v) is 4.91. The number of hydrogen-bond acceptors (Lipinski definition) is 3. The van der Waals surface area contributed by atoms with Crippen LogP contribution in [0.15, 0.2) is 11.8 Å². The van der Waals surface area contributed by atoms with Gasteiger partial charge in [0.25, 0.3) is 0 Å². The molecule has 1 aliphatic carbocycles. The monoisotopic (exact) mass is 216 g/mol. The van der Waals surface area contributed by atoms with Crippen molar-refractivity contribution in [2.75, 3.05) is 0 Å².